The lowest BCUT2D eigenvalue weighted by molar-refractivity contribution is 0.286. The maximum absolute atomic E-state index is 7.00. The van der Waals surface area contributed by atoms with E-state index < -0.39 is 8.01 Å². The van der Waals surface area contributed by atoms with Gasteiger partial charge in [-0.2, -0.15) is 0 Å². The molecule has 4 heteroatoms. The molecule has 196 valence electrons. The van der Waals surface area contributed by atoms with Crippen molar-refractivity contribution in [2.24, 2.45) is 16.7 Å². The van der Waals surface area contributed by atoms with E-state index in [1.165, 1.54) is 27.6 Å². The van der Waals surface area contributed by atoms with Crippen LogP contribution in [0.1, 0.15) is 106 Å². The van der Waals surface area contributed by atoms with Crippen LogP contribution in [0.2, 0.25) is 0 Å². The molecule has 1 aromatic carbocycles. The van der Waals surface area contributed by atoms with Gasteiger partial charge in [-0.3, -0.25) is 0 Å². The summed E-state index contributed by atoms with van der Waals surface area (Å²) < 4.78 is 15.1. The highest BCUT2D eigenvalue weighted by atomic mass is 32.1. The molecule has 0 saturated carbocycles. The van der Waals surface area contributed by atoms with Gasteiger partial charge in [0.1, 0.15) is 16.0 Å². The molecule has 36 heavy (non-hydrogen) atoms. The van der Waals surface area contributed by atoms with Crippen molar-refractivity contribution in [1.82, 2.24) is 0 Å². The van der Waals surface area contributed by atoms with E-state index in [-0.39, 0.29) is 21.7 Å². The minimum atomic E-state index is -1.28. The Bertz CT molecular complexity index is 1330. The van der Waals surface area contributed by atoms with Gasteiger partial charge in [-0.05, 0) is 62.6 Å². The Labute approximate surface area is 223 Å². The fraction of sp³-hybridized carbons (Fsp3) is 0.562. The summed E-state index contributed by atoms with van der Waals surface area (Å²) in [5.41, 5.74) is 6.33. The van der Waals surface area contributed by atoms with E-state index in [2.05, 4.69) is 119 Å². The molecule has 2 unspecified atom stereocenters. The second-order valence-electron chi connectivity index (χ2n) is 14.6. The third kappa shape index (κ3) is 5.30. The first kappa shape index (κ1) is 27.3. The van der Waals surface area contributed by atoms with Gasteiger partial charge >= 0.3 is 0 Å². The second kappa shape index (κ2) is 8.95. The van der Waals surface area contributed by atoms with Gasteiger partial charge in [0.25, 0.3) is 8.01 Å². The van der Waals surface area contributed by atoms with Crippen molar-refractivity contribution in [2.75, 3.05) is 0 Å². The van der Waals surface area contributed by atoms with E-state index in [0.717, 1.165) is 22.4 Å². The van der Waals surface area contributed by atoms with E-state index in [1.54, 1.807) is 11.3 Å². The zero-order chi connectivity index (χ0) is 26.8. The van der Waals surface area contributed by atoms with Crippen LogP contribution in [0.15, 0.2) is 44.1 Å². The molecule has 0 N–H and O–H groups in total. The zero-order valence-electron chi connectivity index (χ0n) is 24.4. The smallest absolute Gasteiger partial charge is 0.263 e. The normalized spacial score (nSPS) is 17.7. The van der Waals surface area contributed by atoms with Crippen LogP contribution in [0.25, 0.3) is 21.2 Å². The van der Waals surface area contributed by atoms with Gasteiger partial charge in [0.05, 0.1) is 0 Å². The summed E-state index contributed by atoms with van der Waals surface area (Å²) in [6.45, 7) is 27.8. The van der Waals surface area contributed by atoms with Crippen LogP contribution in [0.4, 0.5) is 0 Å². The van der Waals surface area contributed by atoms with Gasteiger partial charge < -0.3 is 8.39 Å². The molecule has 0 saturated heterocycles. The molecule has 2 aromatic heterocycles. The van der Waals surface area contributed by atoms with Crippen LogP contribution in [-0.4, -0.2) is 0 Å². The predicted molar refractivity (Wildman–Crippen MR) is 160 cm³/mol. The van der Waals surface area contributed by atoms with Crippen LogP contribution in [-0.2, 0) is 17.3 Å². The van der Waals surface area contributed by atoms with Crippen LogP contribution in [0.5, 0.6) is 0 Å². The van der Waals surface area contributed by atoms with Crippen LogP contribution in [0.3, 0.4) is 0 Å². The highest BCUT2D eigenvalue weighted by Gasteiger charge is 2.36. The van der Waals surface area contributed by atoms with Crippen LogP contribution in [0, 0.1) is 16.7 Å². The highest BCUT2D eigenvalue weighted by molar-refractivity contribution is 7.54. The first-order valence-corrected chi connectivity index (χ1v) is 15.3. The van der Waals surface area contributed by atoms with E-state index in [0.29, 0.717) is 5.92 Å². The van der Waals surface area contributed by atoms with Gasteiger partial charge in [-0.15, -0.1) is 11.3 Å². The molecule has 0 bridgehead atoms. The van der Waals surface area contributed by atoms with Crippen molar-refractivity contribution < 1.29 is 8.39 Å². The monoisotopic (exact) mass is 524 g/mol. The lowest BCUT2D eigenvalue weighted by Crippen LogP contribution is -2.26. The maximum atomic E-state index is 7.00. The summed E-state index contributed by atoms with van der Waals surface area (Å²) in [7, 11) is -1.28. The largest absolute Gasteiger partial charge is 0.415 e. The molecule has 2 atom stereocenters. The predicted octanol–water partition coefficient (Wildman–Crippen LogP) is 11.4. The number of thiophene rings is 1. The standard InChI is InChI=1S/C32H45O2PS/c1-29(2,3)20-16-22-23-17-21(30(4,5)6)19-25(32(10,11)12)28(23)34-35(26-14-13-15-36-26)33-27(22)24(18-20)31(7,8)9/h13-16,18-19,21H,17H2,1-12H3. The second-order valence-corrected chi connectivity index (χ2v) is 17.2. The van der Waals surface area contributed by atoms with Crippen LogP contribution < -0.4 is 0 Å². The molecule has 1 aliphatic rings. The minimum absolute atomic E-state index is 0.0300. The van der Waals surface area contributed by atoms with Crippen molar-refractivity contribution in [3.8, 4) is 4.62 Å². The van der Waals surface area contributed by atoms with Gasteiger partial charge in [0, 0.05) is 16.5 Å². The first-order valence-electron chi connectivity index (χ1n) is 13.2. The topological polar surface area (TPSA) is 26.3 Å². The van der Waals surface area contributed by atoms with Crippen molar-refractivity contribution >= 4 is 35.9 Å². The molecule has 1 aliphatic carbocycles. The molecule has 0 aliphatic heterocycles. The van der Waals surface area contributed by atoms with Crippen molar-refractivity contribution in [3.05, 3.63) is 58.2 Å². The van der Waals surface area contributed by atoms with E-state index in [4.69, 9.17) is 8.39 Å². The Morgan fingerprint density at radius 2 is 1.50 bits per heavy atom. The molecule has 0 amide bonds. The SMILES string of the molecule is CC(C)(C)C1=CC(C(C)(C)C)Cc2c1op(-c1cccs1)oc1c(C(C)(C)C)cc(C(C)(C)C)cc21. The van der Waals surface area contributed by atoms with E-state index >= 15 is 0 Å². The van der Waals surface area contributed by atoms with Gasteiger partial charge in [-0.25, -0.2) is 0 Å². The van der Waals surface area contributed by atoms with E-state index in [1.807, 2.05) is 0 Å². The first-order chi connectivity index (χ1) is 16.4. The number of hydrogen-bond acceptors (Lipinski definition) is 3. The third-order valence-corrected chi connectivity index (χ3v) is 9.99. The average molecular weight is 525 g/mol. The number of hydrogen-bond donors (Lipinski definition) is 0. The lowest BCUT2D eigenvalue weighted by atomic mass is 9.68. The summed E-state index contributed by atoms with van der Waals surface area (Å²) in [6.07, 6.45) is 3.46. The summed E-state index contributed by atoms with van der Waals surface area (Å²) in [5, 5.41) is 3.35. The van der Waals surface area contributed by atoms with Gasteiger partial charge in [-0.1, -0.05) is 101 Å². The molecule has 0 spiro atoms. The Hall–Kier alpha value is -1.70. The summed E-state index contributed by atoms with van der Waals surface area (Å²) in [5.74, 6) is 1.47. The Kier molecular flexibility index (Phi) is 6.80. The molecule has 3 aromatic rings. The molecule has 2 nitrogen and oxygen atoms in total. The Morgan fingerprint density at radius 1 is 0.833 bits per heavy atom. The minimum Gasteiger partial charge on any atom is -0.415 e. The van der Waals surface area contributed by atoms with Crippen molar-refractivity contribution in [2.45, 2.75) is 100 Å². The van der Waals surface area contributed by atoms with Crippen molar-refractivity contribution in [1.29, 1.82) is 0 Å². The molecule has 2 heterocycles. The molecular weight excluding hydrogens is 479 g/mol. The third-order valence-electron chi connectivity index (χ3n) is 7.35. The fourth-order valence-corrected chi connectivity index (χ4v) is 7.25. The molecule has 4 rings (SSSR count). The zero-order valence-corrected chi connectivity index (χ0v) is 26.1. The summed E-state index contributed by atoms with van der Waals surface area (Å²) in [4.78, 5) is 0. The maximum Gasteiger partial charge on any atom is 0.263 e. The van der Waals surface area contributed by atoms with Gasteiger partial charge in [0.15, 0.2) is 0 Å². The molecule has 0 fully saturated rings. The number of benzene rings is 1. The Morgan fingerprint density at radius 3 is 2.00 bits per heavy atom. The Balaban J connectivity index is 2.26. The van der Waals surface area contributed by atoms with Gasteiger partial charge in [0.2, 0.25) is 0 Å². The van der Waals surface area contributed by atoms with E-state index in [9.17, 15) is 0 Å². The molecular formula is C32H45O2PS. The lowest BCUT2D eigenvalue weighted by Gasteiger charge is -2.36. The fourth-order valence-electron chi connectivity index (χ4n) is 4.88. The summed E-state index contributed by atoms with van der Waals surface area (Å²) >= 11 is 1.72. The van der Waals surface area contributed by atoms with Crippen molar-refractivity contribution in [3.63, 3.8) is 0 Å². The average Bonchev–Trinajstić information content (AvgIpc) is 3.19. The number of fused-ring (bicyclic) bond motifs is 3. The summed E-state index contributed by atoms with van der Waals surface area (Å²) in [6, 6.07) is 9.04. The molecule has 0 radical (unpaired) electrons. The highest BCUT2D eigenvalue weighted by Crippen LogP contribution is 2.53. The number of allylic oxidation sites excluding steroid dienone is 2. The van der Waals surface area contributed by atoms with Crippen LogP contribution >= 0.6 is 19.4 Å². The quantitative estimate of drug-likeness (QED) is 0.316. The number of rotatable bonds is 1.